The second-order valence-electron chi connectivity index (χ2n) is 2.70. The highest BCUT2D eigenvalue weighted by Crippen LogP contribution is 2.23. The third kappa shape index (κ3) is 2.48. The molecule has 4 nitrogen and oxygen atoms in total. The highest BCUT2D eigenvalue weighted by atomic mass is 19.4. The van der Waals surface area contributed by atoms with Gasteiger partial charge in [-0.15, -0.1) is 0 Å². The van der Waals surface area contributed by atoms with E-state index in [-0.39, 0.29) is 11.6 Å². The number of nitrogens with zero attached hydrogens (tertiary/aromatic N) is 2. The van der Waals surface area contributed by atoms with Crippen molar-refractivity contribution >= 4 is 11.6 Å². The lowest BCUT2D eigenvalue weighted by molar-refractivity contribution is -0.138. The normalized spacial score (nSPS) is 13.7. The minimum Gasteiger partial charge on any atom is -0.381 e. The van der Waals surface area contributed by atoms with Crippen molar-refractivity contribution in [2.75, 3.05) is 11.1 Å². The first-order valence-electron chi connectivity index (χ1n) is 3.81. The number of aromatic nitrogens is 2. The fourth-order valence-electron chi connectivity index (χ4n) is 0.747. The molecule has 1 heterocycles. The standard InChI is InChI=1S/C7H9F3N4/c1-4(7(8,9)10)14-6-5(11)12-2-3-13-6/h2-4H,1H3,(H2,11,12)(H,13,14). The topological polar surface area (TPSA) is 63.8 Å². The number of alkyl halides is 3. The van der Waals surface area contributed by atoms with Gasteiger partial charge in [0.2, 0.25) is 0 Å². The molecule has 1 aromatic rings. The van der Waals surface area contributed by atoms with Crippen LogP contribution in [0.5, 0.6) is 0 Å². The van der Waals surface area contributed by atoms with Crippen molar-refractivity contribution in [1.82, 2.24) is 9.97 Å². The second-order valence-corrected chi connectivity index (χ2v) is 2.70. The molecule has 0 aliphatic carbocycles. The lowest BCUT2D eigenvalue weighted by Crippen LogP contribution is -2.33. The van der Waals surface area contributed by atoms with Crippen LogP contribution in [0, 0.1) is 0 Å². The van der Waals surface area contributed by atoms with E-state index in [2.05, 4.69) is 15.3 Å². The summed E-state index contributed by atoms with van der Waals surface area (Å²) < 4.78 is 36.3. The summed E-state index contributed by atoms with van der Waals surface area (Å²) in [5.41, 5.74) is 5.31. The minimum absolute atomic E-state index is 0.0522. The van der Waals surface area contributed by atoms with Gasteiger partial charge in [-0.05, 0) is 6.92 Å². The molecular weight excluding hydrogens is 197 g/mol. The van der Waals surface area contributed by atoms with E-state index in [1.54, 1.807) is 0 Å². The highest BCUT2D eigenvalue weighted by Gasteiger charge is 2.36. The number of nitrogen functional groups attached to an aromatic ring is 1. The smallest absolute Gasteiger partial charge is 0.381 e. The zero-order chi connectivity index (χ0) is 10.8. The van der Waals surface area contributed by atoms with Crippen LogP contribution in [0.1, 0.15) is 6.92 Å². The largest absolute Gasteiger partial charge is 0.408 e. The number of anilines is 2. The Labute approximate surface area is 78.4 Å². The van der Waals surface area contributed by atoms with Crippen molar-refractivity contribution in [2.45, 2.75) is 19.1 Å². The lowest BCUT2D eigenvalue weighted by atomic mass is 10.3. The summed E-state index contributed by atoms with van der Waals surface area (Å²) in [6.45, 7) is 0.980. The van der Waals surface area contributed by atoms with Gasteiger partial charge in [0, 0.05) is 12.4 Å². The average Bonchev–Trinajstić information content (AvgIpc) is 2.07. The molecule has 7 heteroatoms. The monoisotopic (exact) mass is 206 g/mol. The molecule has 0 aliphatic rings. The van der Waals surface area contributed by atoms with Gasteiger partial charge >= 0.3 is 6.18 Å². The first kappa shape index (κ1) is 10.6. The SMILES string of the molecule is CC(Nc1nccnc1N)C(F)(F)F. The third-order valence-electron chi connectivity index (χ3n) is 1.57. The summed E-state index contributed by atoms with van der Waals surface area (Å²) in [6.07, 6.45) is -1.76. The number of rotatable bonds is 2. The first-order valence-corrected chi connectivity index (χ1v) is 3.81. The van der Waals surface area contributed by atoms with Crippen LogP contribution in [0.25, 0.3) is 0 Å². The van der Waals surface area contributed by atoms with Crippen LogP contribution >= 0.6 is 0 Å². The van der Waals surface area contributed by atoms with Crippen LogP contribution in [-0.4, -0.2) is 22.2 Å². The van der Waals surface area contributed by atoms with E-state index < -0.39 is 12.2 Å². The van der Waals surface area contributed by atoms with Gasteiger partial charge < -0.3 is 11.1 Å². The molecule has 1 atom stereocenters. The molecule has 78 valence electrons. The van der Waals surface area contributed by atoms with Crippen molar-refractivity contribution in [2.24, 2.45) is 0 Å². The van der Waals surface area contributed by atoms with Crippen LogP contribution in [0.4, 0.5) is 24.8 Å². The molecule has 14 heavy (non-hydrogen) atoms. The van der Waals surface area contributed by atoms with Crippen LogP contribution < -0.4 is 11.1 Å². The molecule has 0 radical (unpaired) electrons. The molecule has 0 bridgehead atoms. The van der Waals surface area contributed by atoms with Gasteiger partial charge in [-0.25, -0.2) is 9.97 Å². The van der Waals surface area contributed by atoms with Crippen molar-refractivity contribution in [3.8, 4) is 0 Å². The molecule has 1 rings (SSSR count). The Bertz CT molecular complexity index is 312. The van der Waals surface area contributed by atoms with E-state index in [4.69, 9.17) is 5.73 Å². The highest BCUT2D eigenvalue weighted by molar-refractivity contribution is 5.55. The maximum atomic E-state index is 12.1. The molecule has 1 aromatic heterocycles. The lowest BCUT2D eigenvalue weighted by Gasteiger charge is -2.17. The Morgan fingerprint density at radius 3 is 2.43 bits per heavy atom. The zero-order valence-electron chi connectivity index (χ0n) is 7.34. The average molecular weight is 206 g/mol. The van der Waals surface area contributed by atoms with Crippen molar-refractivity contribution < 1.29 is 13.2 Å². The molecule has 0 aliphatic heterocycles. The summed E-state index contributed by atoms with van der Waals surface area (Å²) in [7, 11) is 0. The molecule has 0 amide bonds. The maximum absolute atomic E-state index is 12.1. The van der Waals surface area contributed by atoms with Gasteiger partial charge in [-0.1, -0.05) is 0 Å². The quantitative estimate of drug-likeness (QED) is 0.768. The first-order chi connectivity index (χ1) is 6.41. The number of hydrogen-bond acceptors (Lipinski definition) is 4. The van der Waals surface area contributed by atoms with Gasteiger partial charge in [0.15, 0.2) is 11.6 Å². The Morgan fingerprint density at radius 1 is 1.36 bits per heavy atom. The predicted molar refractivity (Wildman–Crippen MR) is 45.6 cm³/mol. The Morgan fingerprint density at radius 2 is 1.93 bits per heavy atom. The summed E-state index contributed by atoms with van der Waals surface area (Å²) >= 11 is 0. The predicted octanol–water partition coefficient (Wildman–Crippen LogP) is 1.42. The Balaban J connectivity index is 2.75. The molecule has 0 spiro atoms. The Hall–Kier alpha value is -1.53. The Kier molecular flexibility index (Phi) is 2.78. The minimum atomic E-state index is -4.33. The summed E-state index contributed by atoms with van der Waals surface area (Å²) in [6, 6.07) is -1.71. The van der Waals surface area contributed by atoms with Gasteiger partial charge in [0.05, 0.1) is 0 Å². The molecular formula is C7H9F3N4. The van der Waals surface area contributed by atoms with Crippen LogP contribution in [-0.2, 0) is 0 Å². The second kappa shape index (κ2) is 3.69. The van der Waals surface area contributed by atoms with Gasteiger partial charge in [0.1, 0.15) is 6.04 Å². The summed E-state index contributed by atoms with van der Waals surface area (Å²) in [4.78, 5) is 7.23. The van der Waals surface area contributed by atoms with Gasteiger partial charge in [-0.3, -0.25) is 0 Å². The third-order valence-corrected chi connectivity index (χ3v) is 1.57. The zero-order valence-corrected chi connectivity index (χ0v) is 7.34. The van der Waals surface area contributed by atoms with E-state index in [9.17, 15) is 13.2 Å². The molecule has 1 unspecified atom stereocenters. The van der Waals surface area contributed by atoms with Gasteiger partial charge in [0.25, 0.3) is 0 Å². The fraction of sp³-hybridized carbons (Fsp3) is 0.429. The van der Waals surface area contributed by atoms with E-state index in [1.807, 2.05) is 0 Å². The number of hydrogen-bond donors (Lipinski definition) is 2. The molecule has 3 N–H and O–H groups in total. The summed E-state index contributed by atoms with van der Waals surface area (Å²) in [5, 5.41) is 2.13. The van der Waals surface area contributed by atoms with E-state index in [0.29, 0.717) is 0 Å². The maximum Gasteiger partial charge on any atom is 0.408 e. The molecule has 0 fully saturated rings. The molecule has 0 saturated heterocycles. The summed E-state index contributed by atoms with van der Waals surface area (Å²) in [5.74, 6) is -0.110. The number of halogens is 3. The van der Waals surface area contributed by atoms with Crippen molar-refractivity contribution in [3.05, 3.63) is 12.4 Å². The van der Waals surface area contributed by atoms with Crippen molar-refractivity contribution in [1.29, 1.82) is 0 Å². The number of nitrogens with two attached hydrogens (primary N) is 1. The van der Waals surface area contributed by atoms with Crippen molar-refractivity contribution in [3.63, 3.8) is 0 Å². The van der Waals surface area contributed by atoms with E-state index >= 15 is 0 Å². The molecule has 0 aromatic carbocycles. The van der Waals surface area contributed by atoms with E-state index in [0.717, 1.165) is 6.92 Å². The van der Waals surface area contributed by atoms with Crippen LogP contribution in [0.15, 0.2) is 12.4 Å². The molecule has 0 saturated carbocycles. The fourth-order valence-corrected chi connectivity index (χ4v) is 0.747. The van der Waals surface area contributed by atoms with Crippen LogP contribution in [0.2, 0.25) is 0 Å². The van der Waals surface area contributed by atoms with Gasteiger partial charge in [-0.2, -0.15) is 13.2 Å². The van der Waals surface area contributed by atoms with Crippen LogP contribution in [0.3, 0.4) is 0 Å². The van der Waals surface area contributed by atoms with E-state index in [1.165, 1.54) is 12.4 Å². The number of nitrogens with one attached hydrogen (secondary N) is 1.